The molecule has 7 nitrogen and oxygen atoms in total. The summed E-state index contributed by atoms with van der Waals surface area (Å²) in [7, 11) is 1.08. The third-order valence-electron chi connectivity index (χ3n) is 5.68. The van der Waals surface area contributed by atoms with Crippen molar-refractivity contribution in [1.29, 1.82) is 0 Å². The van der Waals surface area contributed by atoms with Crippen molar-refractivity contribution in [1.82, 2.24) is 15.6 Å². The third-order valence-corrected chi connectivity index (χ3v) is 7.42. The molecule has 2 heterocycles. The predicted molar refractivity (Wildman–Crippen MR) is 120 cm³/mol. The summed E-state index contributed by atoms with van der Waals surface area (Å²) >= 11 is 0. The van der Waals surface area contributed by atoms with E-state index in [4.69, 9.17) is 4.74 Å². The molecule has 1 aliphatic carbocycles. The summed E-state index contributed by atoms with van der Waals surface area (Å²) in [6.45, 7) is 7.29. The second-order valence-electron chi connectivity index (χ2n) is 7.88. The lowest BCUT2D eigenvalue weighted by atomic mass is 9.95. The van der Waals surface area contributed by atoms with E-state index in [2.05, 4.69) is 44.6 Å². The fourth-order valence-electron chi connectivity index (χ4n) is 4.06. The minimum absolute atomic E-state index is 0.246. The number of rotatable bonds is 6. The number of morpholine rings is 1. The van der Waals surface area contributed by atoms with Crippen molar-refractivity contribution in [2.75, 3.05) is 37.4 Å². The maximum atomic E-state index is 12.2. The van der Waals surface area contributed by atoms with Crippen LogP contribution in [0.1, 0.15) is 45.1 Å². The van der Waals surface area contributed by atoms with Crippen LogP contribution in [0.4, 0.5) is 5.82 Å². The van der Waals surface area contributed by atoms with Crippen LogP contribution in [0.2, 0.25) is 0 Å². The third kappa shape index (κ3) is 6.40. The van der Waals surface area contributed by atoms with Crippen LogP contribution in [0.15, 0.2) is 23.3 Å². The highest BCUT2D eigenvalue weighted by Gasteiger charge is 2.26. The van der Waals surface area contributed by atoms with Gasteiger partial charge in [-0.3, -0.25) is 9.20 Å². The number of nitrogens with one attached hydrogen (secondary N) is 2. The zero-order valence-electron chi connectivity index (χ0n) is 17.9. The summed E-state index contributed by atoms with van der Waals surface area (Å²) in [5.74, 6) is 2.55. The van der Waals surface area contributed by atoms with E-state index in [0.717, 1.165) is 68.5 Å². The summed E-state index contributed by atoms with van der Waals surface area (Å²) in [4.78, 5) is 11.3. The molecule has 0 spiro atoms. The molecule has 1 aliphatic heterocycles. The van der Waals surface area contributed by atoms with Gasteiger partial charge in [0.15, 0.2) is 5.96 Å². The lowest BCUT2D eigenvalue weighted by Crippen LogP contribution is -2.46. The number of aliphatic imine (C=N–C) groups is 1. The first-order chi connectivity index (χ1) is 14.1. The van der Waals surface area contributed by atoms with Crippen molar-refractivity contribution in [3.63, 3.8) is 0 Å². The van der Waals surface area contributed by atoms with Gasteiger partial charge in [-0.1, -0.05) is 19.4 Å². The Balaban J connectivity index is 1.48. The van der Waals surface area contributed by atoms with Crippen LogP contribution in [0, 0.1) is 0 Å². The van der Waals surface area contributed by atoms with E-state index < -0.39 is 10.8 Å². The Morgan fingerprint density at radius 1 is 1.41 bits per heavy atom. The first-order valence-corrected chi connectivity index (χ1v) is 12.1. The fraction of sp³-hybridized carbons (Fsp3) is 0.714. The van der Waals surface area contributed by atoms with Gasteiger partial charge in [0.25, 0.3) is 0 Å². The molecule has 29 heavy (non-hydrogen) atoms. The molecule has 1 saturated heterocycles. The minimum atomic E-state index is -0.712. The summed E-state index contributed by atoms with van der Waals surface area (Å²) < 4.78 is 17.8. The zero-order chi connectivity index (χ0) is 20.6. The average molecular weight is 422 g/mol. The highest BCUT2D eigenvalue weighted by atomic mass is 32.2. The van der Waals surface area contributed by atoms with Crippen LogP contribution in [0.3, 0.4) is 0 Å². The van der Waals surface area contributed by atoms with Gasteiger partial charge in [-0.05, 0) is 37.8 Å². The van der Waals surface area contributed by atoms with E-state index in [1.54, 1.807) is 7.05 Å². The Bertz CT molecular complexity index is 697. The molecule has 1 aromatic rings. The second kappa shape index (κ2) is 10.9. The van der Waals surface area contributed by atoms with Crippen molar-refractivity contribution in [2.24, 2.45) is 4.99 Å². The lowest BCUT2D eigenvalue weighted by molar-refractivity contribution is 0.0529. The molecule has 4 unspecified atom stereocenters. The van der Waals surface area contributed by atoms with Gasteiger partial charge in [-0.15, -0.1) is 0 Å². The van der Waals surface area contributed by atoms with Gasteiger partial charge >= 0.3 is 0 Å². The second-order valence-corrected chi connectivity index (χ2v) is 9.88. The lowest BCUT2D eigenvalue weighted by Gasteiger charge is -2.32. The average Bonchev–Trinajstić information content (AvgIpc) is 2.76. The smallest absolute Gasteiger partial charge is 0.191 e. The summed E-state index contributed by atoms with van der Waals surface area (Å²) in [5, 5.41) is 7.21. The molecule has 8 heteroatoms. The molecule has 2 N–H and O–H groups in total. The van der Waals surface area contributed by atoms with Gasteiger partial charge in [0.05, 0.1) is 12.7 Å². The van der Waals surface area contributed by atoms with Gasteiger partial charge in [-0.2, -0.15) is 0 Å². The Morgan fingerprint density at radius 3 is 2.97 bits per heavy atom. The number of nitrogens with zero attached hydrogens (tertiary/aromatic N) is 3. The number of pyridine rings is 1. The van der Waals surface area contributed by atoms with Crippen molar-refractivity contribution in [3.05, 3.63) is 23.9 Å². The number of hydrogen-bond acceptors (Lipinski definition) is 5. The Kier molecular flexibility index (Phi) is 8.29. The monoisotopic (exact) mass is 421 g/mol. The Hall–Kier alpha value is -1.67. The molecule has 4 atom stereocenters. The molecule has 0 aromatic carbocycles. The molecular weight excluding hydrogens is 386 g/mol. The molecule has 1 saturated carbocycles. The Labute approximate surface area is 177 Å². The molecule has 2 aliphatic rings. The van der Waals surface area contributed by atoms with E-state index in [-0.39, 0.29) is 6.10 Å². The van der Waals surface area contributed by atoms with E-state index in [9.17, 15) is 4.21 Å². The molecule has 0 amide bonds. The van der Waals surface area contributed by atoms with Gasteiger partial charge in [-0.25, -0.2) is 4.98 Å². The van der Waals surface area contributed by atoms with Crippen LogP contribution in [0.5, 0.6) is 0 Å². The number of anilines is 1. The summed E-state index contributed by atoms with van der Waals surface area (Å²) in [5.41, 5.74) is 1.12. The first kappa shape index (κ1) is 22.0. The van der Waals surface area contributed by atoms with Crippen LogP contribution in [-0.2, 0) is 22.1 Å². The fourth-order valence-corrected chi connectivity index (χ4v) is 5.41. The largest absolute Gasteiger partial charge is 0.375 e. The zero-order valence-corrected chi connectivity index (χ0v) is 18.7. The molecular formula is C21H35N5O2S. The van der Waals surface area contributed by atoms with Gasteiger partial charge in [0, 0.05) is 60.7 Å². The van der Waals surface area contributed by atoms with E-state index in [1.807, 2.05) is 13.1 Å². The van der Waals surface area contributed by atoms with E-state index in [1.165, 1.54) is 0 Å². The van der Waals surface area contributed by atoms with Gasteiger partial charge in [0.1, 0.15) is 5.82 Å². The summed E-state index contributed by atoms with van der Waals surface area (Å²) in [6.07, 6.45) is 6.43. The van der Waals surface area contributed by atoms with E-state index in [0.29, 0.717) is 17.8 Å². The van der Waals surface area contributed by atoms with Crippen molar-refractivity contribution in [2.45, 2.75) is 63.5 Å². The molecule has 0 bridgehead atoms. The quantitative estimate of drug-likeness (QED) is 0.541. The maximum Gasteiger partial charge on any atom is 0.191 e. The molecule has 3 rings (SSSR count). The van der Waals surface area contributed by atoms with Gasteiger partial charge in [0.2, 0.25) is 0 Å². The molecule has 0 radical (unpaired) electrons. The van der Waals surface area contributed by atoms with Crippen LogP contribution in [0.25, 0.3) is 0 Å². The highest BCUT2D eigenvalue weighted by molar-refractivity contribution is 7.85. The molecule has 2 fully saturated rings. The van der Waals surface area contributed by atoms with Crippen LogP contribution in [-0.4, -0.2) is 65.0 Å². The SMILES string of the molecule is CCS(=O)C1CCCC(NC(=NC)NCc2ccc(N3CCOC(C)C3)nc2)C1. The van der Waals surface area contributed by atoms with Crippen molar-refractivity contribution in [3.8, 4) is 0 Å². The van der Waals surface area contributed by atoms with Crippen molar-refractivity contribution >= 4 is 22.6 Å². The number of aromatic nitrogens is 1. The number of hydrogen-bond donors (Lipinski definition) is 2. The minimum Gasteiger partial charge on any atom is -0.375 e. The molecule has 1 aromatic heterocycles. The Morgan fingerprint density at radius 2 is 2.28 bits per heavy atom. The number of guanidine groups is 1. The summed E-state index contributed by atoms with van der Waals surface area (Å²) in [6, 6.07) is 4.53. The van der Waals surface area contributed by atoms with Crippen molar-refractivity contribution < 1.29 is 8.95 Å². The molecule has 162 valence electrons. The van der Waals surface area contributed by atoms with Crippen LogP contribution < -0.4 is 15.5 Å². The predicted octanol–water partition coefficient (Wildman–Crippen LogP) is 2.05. The van der Waals surface area contributed by atoms with Gasteiger partial charge < -0.3 is 20.3 Å². The van der Waals surface area contributed by atoms with E-state index >= 15 is 0 Å². The topological polar surface area (TPSA) is 78.9 Å². The maximum absolute atomic E-state index is 12.2. The number of ether oxygens (including phenoxy) is 1. The standard InChI is InChI=1S/C21H35N5O2S/c1-4-29(27)19-7-5-6-18(12-19)25-21(22-3)24-14-17-8-9-20(23-13-17)26-10-11-28-16(2)15-26/h8-9,13,16,18-19H,4-7,10-12,14-15H2,1-3H3,(H2,22,24,25). The highest BCUT2D eigenvalue weighted by Crippen LogP contribution is 2.23. The first-order valence-electron chi connectivity index (χ1n) is 10.7. The normalized spacial score (nSPS) is 26.8. The van der Waals surface area contributed by atoms with Crippen LogP contribution >= 0.6 is 0 Å².